The van der Waals surface area contributed by atoms with E-state index in [0.29, 0.717) is 6.42 Å². The Labute approximate surface area is 75.2 Å². The van der Waals surface area contributed by atoms with Crippen molar-refractivity contribution in [3.05, 3.63) is 33.9 Å². The van der Waals surface area contributed by atoms with E-state index < -0.39 is 0 Å². The zero-order valence-corrected chi connectivity index (χ0v) is 7.57. The van der Waals surface area contributed by atoms with Gasteiger partial charge in [0.2, 0.25) is 0 Å². The van der Waals surface area contributed by atoms with E-state index in [1.54, 1.807) is 11.3 Å². The number of carbonyl (C=O) groups is 1. The second kappa shape index (κ2) is 4.36. The van der Waals surface area contributed by atoms with E-state index in [-0.39, 0.29) is 5.78 Å². The summed E-state index contributed by atoms with van der Waals surface area (Å²) in [6.45, 7) is 0. The minimum Gasteiger partial charge on any atom is -0.294 e. The molecule has 0 aliphatic carbocycles. The summed E-state index contributed by atoms with van der Waals surface area (Å²) in [6, 6.07) is 3.90. The van der Waals surface area contributed by atoms with Crippen LogP contribution >= 0.6 is 24.0 Å². The molecule has 58 valence electrons. The van der Waals surface area contributed by atoms with E-state index in [2.05, 4.69) is 12.6 Å². The number of thiol groups is 1. The lowest BCUT2D eigenvalue weighted by atomic mass is 10.2. The molecule has 0 saturated heterocycles. The molecule has 0 atom stereocenters. The van der Waals surface area contributed by atoms with Crippen LogP contribution in [0.2, 0.25) is 0 Å². The van der Waals surface area contributed by atoms with Crippen molar-refractivity contribution < 1.29 is 4.79 Å². The van der Waals surface area contributed by atoms with Crippen molar-refractivity contribution in [2.24, 2.45) is 0 Å². The number of allylic oxidation sites excluding steroid dienone is 1. The smallest absolute Gasteiger partial charge is 0.161 e. The lowest BCUT2D eigenvalue weighted by Crippen LogP contribution is -1.94. The zero-order chi connectivity index (χ0) is 8.10. The molecule has 11 heavy (non-hydrogen) atoms. The second-order valence-electron chi connectivity index (χ2n) is 2.04. The average molecular weight is 184 g/mol. The van der Waals surface area contributed by atoms with E-state index in [1.165, 1.54) is 11.5 Å². The van der Waals surface area contributed by atoms with Crippen molar-refractivity contribution in [3.63, 3.8) is 0 Å². The van der Waals surface area contributed by atoms with Crippen molar-refractivity contribution in [1.29, 1.82) is 0 Å². The quantitative estimate of drug-likeness (QED) is 0.563. The molecule has 0 aromatic carbocycles. The summed E-state index contributed by atoms with van der Waals surface area (Å²) in [5.74, 6) is 0.0995. The van der Waals surface area contributed by atoms with Gasteiger partial charge in [-0.25, -0.2) is 0 Å². The number of hydrogen-bond donors (Lipinski definition) is 1. The fourth-order valence-electron chi connectivity index (χ4n) is 0.727. The Morgan fingerprint density at radius 2 is 2.55 bits per heavy atom. The Hall–Kier alpha value is -0.540. The van der Waals surface area contributed by atoms with Crippen LogP contribution in [-0.4, -0.2) is 5.78 Å². The maximum atomic E-state index is 11.0. The highest BCUT2D eigenvalue weighted by molar-refractivity contribution is 7.83. The monoisotopic (exact) mass is 184 g/mol. The van der Waals surface area contributed by atoms with Gasteiger partial charge in [0.25, 0.3) is 0 Å². The Balaban J connectivity index is 2.50. The summed E-state index contributed by atoms with van der Waals surface area (Å²) in [7, 11) is 0. The molecule has 0 aliphatic heterocycles. The molecule has 0 spiro atoms. The first-order valence-electron chi connectivity index (χ1n) is 3.19. The Kier molecular flexibility index (Phi) is 3.39. The molecule has 1 rings (SSSR count). The van der Waals surface area contributed by atoms with E-state index in [0.717, 1.165) is 4.88 Å². The third-order valence-electron chi connectivity index (χ3n) is 1.19. The fraction of sp³-hybridized carbons (Fsp3) is 0.125. The van der Waals surface area contributed by atoms with E-state index in [1.807, 2.05) is 17.5 Å². The van der Waals surface area contributed by atoms with Crippen molar-refractivity contribution in [2.75, 3.05) is 0 Å². The fourth-order valence-corrected chi connectivity index (χ4v) is 1.61. The molecule has 1 heterocycles. The number of ketones is 1. The van der Waals surface area contributed by atoms with Crippen molar-refractivity contribution >= 4 is 29.7 Å². The minimum absolute atomic E-state index is 0.0995. The Morgan fingerprint density at radius 1 is 1.73 bits per heavy atom. The number of carbonyl (C=O) groups excluding carboxylic acids is 1. The van der Waals surface area contributed by atoms with E-state index in [9.17, 15) is 4.79 Å². The highest BCUT2D eigenvalue weighted by Gasteiger charge is 1.98. The molecule has 0 radical (unpaired) electrons. The second-order valence-corrected chi connectivity index (χ2v) is 3.37. The third kappa shape index (κ3) is 2.91. The van der Waals surface area contributed by atoms with E-state index in [4.69, 9.17) is 0 Å². The van der Waals surface area contributed by atoms with Crippen LogP contribution in [0.1, 0.15) is 4.88 Å². The summed E-state index contributed by atoms with van der Waals surface area (Å²) in [4.78, 5) is 12.1. The van der Waals surface area contributed by atoms with Gasteiger partial charge in [0.1, 0.15) is 0 Å². The molecule has 1 aromatic rings. The van der Waals surface area contributed by atoms with Crippen molar-refractivity contribution in [1.82, 2.24) is 0 Å². The first-order valence-corrected chi connectivity index (χ1v) is 4.58. The largest absolute Gasteiger partial charge is 0.294 e. The molecular weight excluding hydrogens is 176 g/mol. The molecular formula is C8H8OS2. The van der Waals surface area contributed by atoms with Crippen LogP contribution in [0.3, 0.4) is 0 Å². The molecule has 0 saturated carbocycles. The molecule has 0 bridgehead atoms. The molecule has 1 nitrogen and oxygen atoms in total. The maximum Gasteiger partial charge on any atom is 0.161 e. The van der Waals surface area contributed by atoms with Crippen LogP contribution in [0.25, 0.3) is 0 Å². The first kappa shape index (κ1) is 8.56. The number of rotatable bonds is 3. The lowest BCUT2D eigenvalue weighted by Gasteiger charge is -1.88. The van der Waals surface area contributed by atoms with Gasteiger partial charge in [-0.2, -0.15) is 12.6 Å². The molecule has 0 amide bonds. The topological polar surface area (TPSA) is 17.1 Å². The standard InChI is InChI=1S/C8H8OS2/c9-7(3-4-10)6-8-2-1-5-11-8/h1-5,10H,6H2/b4-3+. The first-order chi connectivity index (χ1) is 5.33. The maximum absolute atomic E-state index is 11.0. The van der Waals surface area contributed by atoms with Crippen LogP contribution in [0.15, 0.2) is 29.0 Å². The number of hydrogen-bond acceptors (Lipinski definition) is 3. The van der Waals surface area contributed by atoms with Gasteiger partial charge in [-0.15, -0.1) is 11.3 Å². The highest BCUT2D eigenvalue weighted by atomic mass is 32.1. The van der Waals surface area contributed by atoms with E-state index >= 15 is 0 Å². The summed E-state index contributed by atoms with van der Waals surface area (Å²) in [6.07, 6.45) is 1.97. The third-order valence-corrected chi connectivity index (χ3v) is 2.21. The predicted octanol–water partition coefficient (Wildman–Crippen LogP) is 2.30. The van der Waals surface area contributed by atoms with Crippen LogP contribution in [0, 0.1) is 0 Å². The molecule has 0 aliphatic rings. The van der Waals surface area contributed by atoms with Gasteiger partial charge in [0.15, 0.2) is 5.78 Å². The van der Waals surface area contributed by atoms with Gasteiger partial charge in [0, 0.05) is 11.3 Å². The van der Waals surface area contributed by atoms with Gasteiger partial charge in [0.05, 0.1) is 0 Å². The normalized spacial score (nSPS) is 10.6. The highest BCUT2D eigenvalue weighted by Crippen LogP contribution is 2.09. The summed E-state index contributed by atoms with van der Waals surface area (Å²) >= 11 is 5.41. The molecule has 1 aromatic heterocycles. The average Bonchev–Trinajstić information content (AvgIpc) is 2.40. The molecule has 0 fully saturated rings. The molecule has 3 heteroatoms. The van der Waals surface area contributed by atoms with Gasteiger partial charge >= 0.3 is 0 Å². The SMILES string of the molecule is O=C(/C=C/S)Cc1cccs1. The minimum atomic E-state index is 0.0995. The summed E-state index contributed by atoms with van der Waals surface area (Å²) < 4.78 is 0. The van der Waals surface area contributed by atoms with Gasteiger partial charge in [-0.05, 0) is 22.9 Å². The number of thiophene rings is 1. The van der Waals surface area contributed by atoms with Crippen LogP contribution in [0.4, 0.5) is 0 Å². The summed E-state index contributed by atoms with van der Waals surface area (Å²) in [5.41, 5.74) is 0. The Bertz CT molecular complexity index is 249. The van der Waals surface area contributed by atoms with Crippen molar-refractivity contribution in [2.45, 2.75) is 6.42 Å². The Morgan fingerprint density at radius 3 is 3.09 bits per heavy atom. The van der Waals surface area contributed by atoms with Gasteiger partial charge in [-0.3, -0.25) is 4.79 Å². The zero-order valence-electron chi connectivity index (χ0n) is 5.86. The van der Waals surface area contributed by atoms with Crippen molar-refractivity contribution in [3.8, 4) is 0 Å². The molecule has 0 N–H and O–H groups in total. The predicted molar refractivity (Wildman–Crippen MR) is 51.2 cm³/mol. The summed E-state index contributed by atoms with van der Waals surface area (Å²) in [5, 5.41) is 3.43. The van der Waals surface area contributed by atoms with Crippen LogP contribution in [0.5, 0.6) is 0 Å². The van der Waals surface area contributed by atoms with Crippen LogP contribution in [-0.2, 0) is 11.2 Å². The lowest BCUT2D eigenvalue weighted by molar-refractivity contribution is -0.113. The van der Waals surface area contributed by atoms with Gasteiger partial charge < -0.3 is 0 Å². The molecule has 0 unspecified atom stereocenters. The van der Waals surface area contributed by atoms with Gasteiger partial charge in [-0.1, -0.05) is 6.07 Å². The van der Waals surface area contributed by atoms with Crippen LogP contribution < -0.4 is 0 Å².